The minimum atomic E-state index is -0.435. The summed E-state index contributed by atoms with van der Waals surface area (Å²) in [5.74, 6) is 0.489. The molecule has 0 aliphatic carbocycles. The lowest BCUT2D eigenvalue weighted by Gasteiger charge is -2.21. The first-order valence-corrected chi connectivity index (χ1v) is 7.41. The molecular formula is C17H27NO2. The Hall–Kier alpha value is -1.51. The molecule has 20 heavy (non-hydrogen) atoms. The number of nitrogens with one attached hydrogen (secondary N) is 1. The largest absolute Gasteiger partial charge is 0.444 e. The summed E-state index contributed by atoms with van der Waals surface area (Å²) in [5.41, 5.74) is 0.916. The van der Waals surface area contributed by atoms with E-state index in [1.165, 1.54) is 5.56 Å². The molecule has 0 heterocycles. The van der Waals surface area contributed by atoms with Crippen LogP contribution in [0.25, 0.3) is 0 Å². The average molecular weight is 277 g/mol. The zero-order valence-corrected chi connectivity index (χ0v) is 13.1. The van der Waals surface area contributed by atoms with Gasteiger partial charge in [-0.05, 0) is 45.1 Å². The van der Waals surface area contributed by atoms with E-state index in [9.17, 15) is 4.79 Å². The number of hydrogen-bond donors (Lipinski definition) is 1. The molecule has 1 rings (SSSR count). The second-order valence-corrected chi connectivity index (χ2v) is 6.18. The molecule has 0 saturated carbocycles. The van der Waals surface area contributed by atoms with Crippen LogP contribution < -0.4 is 5.32 Å². The van der Waals surface area contributed by atoms with Gasteiger partial charge >= 0.3 is 6.09 Å². The van der Waals surface area contributed by atoms with Gasteiger partial charge in [0.25, 0.3) is 0 Å². The SMILES string of the molecule is CCC(CCc1ccccc1)CNC(=O)OC(C)(C)C. The highest BCUT2D eigenvalue weighted by Gasteiger charge is 2.16. The van der Waals surface area contributed by atoms with E-state index < -0.39 is 5.60 Å². The third kappa shape index (κ3) is 7.17. The van der Waals surface area contributed by atoms with Crippen LogP contribution in [0.1, 0.15) is 46.1 Å². The van der Waals surface area contributed by atoms with Gasteiger partial charge in [-0.25, -0.2) is 4.79 Å². The quantitative estimate of drug-likeness (QED) is 0.847. The summed E-state index contributed by atoms with van der Waals surface area (Å²) in [6.07, 6.45) is 2.87. The summed E-state index contributed by atoms with van der Waals surface area (Å²) in [6.45, 7) is 8.46. The summed E-state index contributed by atoms with van der Waals surface area (Å²) >= 11 is 0. The van der Waals surface area contributed by atoms with Crippen molar-refractivity contribution in [2.45, 2.75) is 52.6 Å². The Morgan fingerprint density at radius 1 is 1.25 bits per heavy atom. The highest BCUT2D eigenvalue weighted by atomic mass is 16.6. The van der Waals surface area contributed by atoms with Crippen molar-refractivity contribution in [3.8, 4) is 0 Å². The molecule has 0 spiro atoms. The molecule has 1 aromatic carbocycles. The van der Waals surface area contributed by atoms with Crippen molar-refractivity contribution >= 4 is 6.09 Å². The average Bonchev–Trinajstić information content (AvgIpc) is 2.38. The van der Waals surface area contributed by atoms with Crippen LogP contribution in [0.5, 0.6) is 0 Å². The highest BCUT2D eigenvalue weighted by molar-refractivity contribution is 5.67. The maximum Gasteiger partial charge on any atom is 0.407 e. The van der Waals surface area contributed by atoms with E-state index >= 15 is 0 Å². The minimum absolute atomic E-state index is 0.323. The van der Waals surface area contributed by atoms with Gasteiger partial charge in [0.05, 0.1) is 0 Å². The van der Waals surface area contributed by atoms with Crippen molar-refractivity contribution in [1.82, 2.24) is 5.32 Å². The monoisotopic (exact) mass is 277 g/mol. The van der Waals surface area contributed by atoms with E-state index in [1.54, 1.807) is 0 Å². The summed E-state index contributed by atoms with van der Waals surface area (Å²) in [7, 11) is 0. The molecule has 0 aliphatic rings. The molecule has 0 aromatic heterocycles. The van der Waals surface area contributed by atoms with Crippen LogP contribution in [0, 0.1) is 5.92 Å². The fourth-order valence-corrected chi connectivity index (χ4v) is 2.01. The zero-order chi connectivity index (χ0) is 15.0. The molecule has 3 nitrogen and oxygen atoms in total. The van der Waals surface area contributed by atoms with E-state index in [0.717, 1.165) is 19.3 Å². The van der Waals surface area contributed by atoms with Crippen LogP contribution >= 0.6 is 0 Å². The smallest absolute Gasteiger partial charge is 0.407 e. The molecule has 0 aliphatic heterocycles. The zero-order valence-electron chi connectivity index (χ0n) is 13.1. The maximum atomic E-state index is 11.6. The number of benzene rings is 1. The van der Waals surface area contributed by atoms with Gasteiger partial charge in [-0.3, -0.25) is 0 Å². The summed E-state index contributed by atoms with van der Waals surface area (Å²) in [5, 5.41) is 2.87. The molecule has 1 unspecified atom stereocenters. The Kier molecular flexibility index (Phi) is 6.56. The van der Waals surface area contributed by atoms with Gasteiger partial charge in [0.2, 0.25) is 0 Å². The molecule has 3 heteroatoms. The molecule has 0 bridgehead atoms. The Morgan fingerprint density at radius 2 is 1.90 bits per heavy atom. The van der Waals surface area contributed by atoms with Crippen molar-refractivity contribution < 1.29 is 9.53 Å². The van der Waals surface area contributed by atoms with Gasteiger partial charge in [0.15, 0.2) is 0 Å². The van der Waals surface area contributed by atoms with Gasteiger partial charge in [0.1, 0.15) is 5.60 Å². The van der Waals surface area contributed by atoms with Crippen LogP contribution in [-0.2, 0) is 11.2 Å². The molecule has 1 N–H and O–H groups in total. The topological polar surface area (TPSA) is 38.3 Å². The third-order valence-corrected chi connectivity index (χ3v) is 3.20. The normalized spacial score (nSPS) is 12.8. The number of ether oxygens (including phenoxy) is 1. The Bertz CT molecular complexity index is 395. The van der Waals surface area contributed by atoms with E-state index in [-0.39, 0.29) is 6.09 Å². The summed E-state index contributed by atoms with van der Waals surface area (Å²) in [4.78, 5) is 11.6. The van der Waals surface area contributed by atoms with Crippen molar-refractivity contribution in [1.29, 1.82) is 0 Å². The molecule has 1 amide bonds. The number of carbonyl (C=O) groups is 1. The fourth-order valence-electron chi connectivity index (χ4n) is 2.01. The Balaban J connectivity index is 2.31. The van der Waals surface area contributed by atoms with Gasteiger partial charge < -0.3 is 10.1 Å². The van der Waals surface area contributed by atoms with E-state index in [4.69, 9.17) is 4.74 Å². The van der Waals surface area contributed by atoms with Crippen molar-refractivity contribution in [3.05, 3.63) is 35.9 Å². The van der Waals surface area contributed by atoms with E-state index in [1.807, 2.05) is 26.8 Å². The standard InChI is InChI=1S/C17H27NO2/c1-5-14(11-12-15-9-7-6-8-10-15)13-18-16(19)20-17(2,3)4/h6-10,14H,5,11-13H2,1-4H3,(H,18,19). The predicted molar refractivity (Wildman–Crippen MR) is 82.8 cm³/mol. The lowest BCUT2D eigenvalue weighted by atomic mass is 9.97. The first kappa shape index (κ1) is 16.5. The number of rotatable bonds is 6. The number of amides is 1. The van der Waals surface area contributed by atoms with Crippen molar-refractivity contribution in [3.63, 3.8) is 0 Å². The van der Waals surface area contributed by atoms with Crippen LogP contribution in [0.2, 0.25) is 0 Å². The minimum Gasteiger partial charge on any atom is -0.444 e. The van der Waals surface area contributed by atoms with E-state index in [0.29, 0.717) is 12.5 Å². The van der Waals surface area contributed by atoms with Gasteiger partial charge in [-0.2, -0.15) is 0 Å². The van der Waals surface area contributed by atoms with Crippen LogP contribution in [0.4, 0.5) is 4.79 Å². The molecule has 112 valence electrons. The summed E-state index contributed by atoms with van der Waals surface area (Å²) in [6, 6.07) is 10.5. The molecule has 0 saturated heterocycles. The lowest BCUT2D eigenvalue weighted by Crippen LogP contribution is -2.35. The molecule has 1 atom stereocenters. The second kappa shape index (κ2) is 7.93. The lowest BCUT2D eigenvalue weighted by molar-refractivity contribution is 0.0518. The third-order valence-electron chi connectivity index (χ3n) is 3.20. The maximum absolute atomic E-state index is 11.6. The summed E-state index contributed by atoms with van der Waals surface area (Å²) < 4.78 is 5.25. The van der Waals surface area contributed by atoms with Crippen molar-refractivity contribution in [2.75, 3.05) is 6.54 Å². The predicted octanol–water partition coefficient (Wildman–Crippen LogP) is 4.17. The van der Waals surface area contributed by atoms with Crippen molar-refractivity contribution in [2.24, 2.45) is 5.92 Å². The van der Waals surface area contributed by atoms with Crippen LogP contribution in [0.3, 0.4) is 0 Å². The number of aryl methyl sites for hydroxylation is 1. The fraction of sp³-hybridized carbons (Fsp3) is 0.588. The van der Waals surface area contributed by atoms with Crippen LogP contribution in [0.15, 0.2) is 30.3 Å². The Morgan fingerprint density at radius 3 is 2.45 bits per heavy atom. The van der Waals surface area contributed by atoms with Gasteiger partial charge in [-0.1, -0.05) is 43.7 Å². The van der Waals surface area contributed by atoms with Gasteiger partial charge in [-0.15, -0.1) is 0 Å². The van der Waals surface area contributed by atoms with Crippen LogP contribution in [-0.4, -0.2) is 18.2 Å². The molecule has 0 fully saturated rings. The number of alkyl carbamates (subject to hydrolysis) is 1. The first-order valence-electron chi connectivity index (χ1n) is 7.41. The number of carbonyl (C=O) groups excluding carboxylic acids is 1. The van der Waals surface area contributed by atoms with Gasteiger partial charge in [0, 0.05) is 6.54 Å². The molecule has 1 aromatic rings. The molecule has 0 radical (unpaired) electrons. The molecular weight excluding hydrogens is 250 g/mol. The first-order chi connectivity index (χ1) is 9.40. The van der Waals surface area contributed by atoms with E-state index in [2.05, 4.69) is 36.5 Å². The highest BCUT2D eigenvalue weighted by Crippen LogP contribution is 2.13. The number of hydrogen-bond acceptors (Lipinski definition) is 2. The Labute approximate surface area is 122 Å². The second-order valence-electron chi connectivity index (χ2n) is 6.18.